The zero-order chi connectivity index (χ0) is 43.5. The Morgan fingerprint density at radius 3 is 2.10 bits per heavy atom. The van der Waals surface area contributed by atoms with E-state index >= 15 is 17.6 Å². The Morgan fingerprint density at radius 1 is 0.918 bits per heavy atom. The summed E-state index contributed by atoms with van der Waals surface area (Å²) in [6, 6.07) is 14.9. The van der Waals surface area contributed by atoms with Gasteiger partial charge in [-0.05, 0) is 101 Å². The minimum Gasteiger partial charge on any atom is -0.497 e. The van der Waals surface area contributed by atoms with Crippen molar-refractivity contribution in [2.24, 2.45) is 0 Å². The second-order valence-corrected chi connectivity index (χ2v) is 17.3. The van der Waals surface area contributed by atoms with Crippen LogP contribution in [0.3, 0.4) is 0 Å². The molecule has 0 aliphatic carbocycles. The molecule has 2 saturated heterocycles. The predicted molar refractivity (Wildman–Crippen MR) is 224 cm³/mol. The molecule has 0 unspecified atom stereocenters. The molecule has 5 aromatic rings. The minimum atomic E-state index is -4.95. The zero-order valence-electron chi connectivity index (χ0n) is 35.1. The van der Waals surface area contributed by atoms with Gasteiger partial charge in [0.15, 0.2) is 11.0 Å². The van der Waals surface area contributed by atoms with Crippen LogP contribution in [0.5, 0.6) is 17.4 Å². The maximum absolute atomic E-state index is 17.5. The number of piperazine rings is 1. The molecule has 3 aliphatic rings. The van der Waals surface area contributed by atoms with Crippen LogP contribution in [0.15, 0.2) is 59.8 Å². The Balaban J connectivity index is 1.28. The van der Waals surface area contributed by atoms with Crippen molar-refractivity contribution in [1.82, 2.24) is 24.8 Å². The molecule has 3 aliphatic heterocycles. The number of fused-ring (bicyclic) bond motifs is 5. The summed E-state index contributed by atoms with van der Waals surface area (Å²) >= 11 is 1.17. The van der Waals surface area contributed by atoms with Crippen LogP contribution in [0.4, 0.5) is 34.0 Å². The lowest BCUT2D eigenvalue weighted by molar-refractivity contribution is -0.137. The Morgan fingerprint density at radius 2 is 1.54 bits per heavy atom. The minimum absolute atomic E-state index is 0.123. The molecule has 0 spiro atoms. The van der Waals surface area contributed by atoms with Gasteiger partial charge in [0, 0.05) is 19.6 Å². The van der Waals surface area contributed by atoms with Crippen LogP contribution < -0.4 is 24.0 Å². The molecule has 3 aromatic heterocycles. The molecule has 1 amide bonds. The number of carbonyl (C=O) groups excluding carboxylic acids is 1. The van der Waals surface area contributed by atoms with Gasteiger partial charge < -0.3 is 28.7 Å². The molecule has 2 bridgehead atoms. The summed E-state index contributed by atoms with van der Waals surface area (Å²) in [6.45, 7) is 9.40. The van der Waals surface area contributed by atoms with E-state index in [9.17, 15) is 4.79 Å². The molecule has 61 heavy (non-hydrogen) atoms. The van der Waals surface area contributed by atoms with Crippen LogP contribution >= 0.6 is 11.8 Å². The van der Waals surface area contributed by atoms with E-state index < -0.39 is 52.8 Å². The van der Waals surface area contributed by atoms with Crippen LogP contribution in [-0.2, 0) is 24.0 Å². The summed E-state index contributed by atoms with van der Waals surface area (Å²) in [7, 11) is 3.12. The van der Waals surface area contributed by atoms with Gasteiger partial charge >= 0.3 is 12.3 Å². The normalized spacial score (nSPS) is 19.6. The molecule has 12 nitrogen and oxygen atoms in total. The number of halogens is 4. The maximum atomic E-state index is 17.5. The lowest BCUT2D eigenvalue weighted by Crippen LogP contribution is -2.65. The number of carbonyl (C=O) groups is 1. The molecule has 4 atom stereocenters. The van der Waals surface area contributed by atoms with E-state index in [-0.39, 0.29) is 58.5 Å². The highest BCUT2D eigenvalue weighted by molar-refractivity contribution is 7.98. The van der Waals surface area contributed by atoms with E-state index in [0.717, 1.165) is 11.1 Å². The van der Waals surface area contributed by atoms with E-state index in [1.807, 2.05) is 61.8 Å². The highest BCUT2D eigenvalue weighted by Gasteiger charge is 2.54. The van der Waals surface area contributed by atoms with Gasteiger partial charge in [0.25, 0.3) is 0 Å². The van der Waals surface area contributed by atoms with Crippen molar-refractivity contribution in [3.8, 4) is 28.8 Å². The maximum Gasteiger partial charge on any atom is 0.418 e. The van der Waals surface area contributed by atoms with Crippen LogP contribution in [0.25, 0.3) is 22.3 Å². The third kappa shape index (κ3) is 8.04. The van der Waals surface area contributed by atoms with E-state index in [2.05, 4.69) is 15.0 Å². The van der Waals surface area contributed by atoms with Gasteiger partial charge in [0.2, 0.25) is 5.88 Å². The van der Waals surface area contributed by atoms with E-state index in [0.29, 0.717) is 36.7 Å². The van der Waals surface area contributed by atoms with Crippen LogP contribution in [0, 0.1) is 12.7 Å². The molecule has 0 radical (unpaired) electrons. The van der Waals surface area contributed by atoms with Crippen LogP contribution in [-0.4, -0.2) is 87.8 Å². The van der Waals surface area contributed by atoms with Gasteiger partial charge in [0.05, 0.1) is 37.9 Å². The van der Waals surface area contributed by atoms with Crippen LogP contribution in [0.2, 0.25) is 0 Å². The fraction of sp³-hybridized carbons (Fsp3) is 0.432. The largest absolute Gasteiger partial charge is 0.497 e. The molecule has 6 heterocycles. The number of nitrogens with zero attached hydrogens (tertiary/aromatic N) is 7. The van der Waals surface area contributed by atoms with E-state index in [1.165, 1.54) is 24.8 Å². The second kappa shape index (κ2) is 16.0. The van der Waals surface area contributed by atoms with Crippen LogP contribution in [0.1, 0.15) is 62.8 Å². The first-order valence-electron chi connectivity index (χ1n) is 20.0. The number of anilines is 2. The summed E-state index contributed by atoms with van der Waals surface area (Å²) in [5.41, 5.74) is -1.97. The number of aromatic nitrogens is 4. The number of hydrogen-bond donors (Lipinski definition) is 0. The number of hydrogen-bond acceptors (Lipinski definition) is 12. The lowest BCUT2D eigenvalue weighted by atomic mass is 9.98. The average molecular weight is 862 g/mol. The smallest absolute Gasteiger partial charge is 0.418 e. The zero-order valence-corrected chi connectivity index (χ0v) is 35.9. The SMILES string of the molecule is COc1ccc(CN(Cc2ccc(OC)cc2)c2cc(C)c(C(F)(F)F)c(-c3nc4c5c(nc(SC)nc5c3F)N3C[C@H]5CC[C@@H]([C@H]3[C@H](C)O4)N5C(=O)OC(C)(C)C)n2)cc1. The number of aryl methyl sites for hydroxylation is 1. The Labute approximate surface area is 355 Å². The number of thioether (sulfide) groups is 1. The van der Waals surface area contributed by atoms with E-state index in [1.54, 1.807) is 49.6 Å². The number of alkyl halides is 3. The van der Waals surface area contributed by atoms with Gasteiger partial charge in [-0.3, -0.25) is 4.90 Å². The highest BCUT2D eigenvalue weighted by atomic mass is 32.2. The first kappa shape index (κ1) is 42.1. The van der Waals surface area contributed by atoms with E-state index in [4.69, 9.17) is 23.9 Å². The Kier molecular flexibility index (Phi) is 11.1. The molecule has 2 aromatic carbocycles. The molecule has 0 saturated carbocycles. The van der Waals surface area contributed by atoms with Gasteiger partial charge in [-0.15, -0.1) is 0 Å². The molecule has 322 valence electrons. The third-order valence-corrected chi connectivity index (χ3v) is 11.9. The van der Waals surface area contributed by atoms with Crippen molar-refractivity contribution < 1.29 is 41.3 Å². The van der Waals surface area contributed by atoms with Crippen molar-refractivity contribution >= 4 is 40.4 Å². The molecular formula is C44H47F4N7O5S. The van der Waals surface area contributed by atoms with Gasteiger partial charge in [-0.1, -0.05) is 36.0 Å². The van der Waals surface area contributed by atoms with Crippen molar-refractivity contribution in [2.75, 3.05) is 36.8 Å². The topological polar surface area (TPSA) is 115 Å². The predicted octanol–water partition coefficient (Wildman–Crippen LogP) is 9.24. The Bertz CT molecular complexity index is 2420. The second-order valence-electron chi connectivity index (χ2n) is 16.6. The van der Waals surface area contributed by atoms with Crippen molar-refractivity contribution in [3.05, 3.63) is 82.7 Å². The summed E-state index contributed by atoms with van der Waals surface area (Å²) < 4.78 is 86.3. The van der Waals surface area contributed by atoms with Crippen molar-refractivity contribution in [3.63, 3.8) is 0 Å². The number of methoxy groups -OCH3 is 2. The summed E-state index contributed by atoms with van der Waals surface area (Å²) in [5, 5.41) is 0.347. The van der Waals surface area contributed by atoms with Gasteiger partial charge in [-0.25, -0.2) is 29.1 Å². The first-order chi connectivity index (χ1) is 29.0. The number of pyridine rings is 2. The monoisotopic (exact) mass is 861 g/mol. The Hall–Kier alpha value is -5.58. The van der Waals surface area contributed by atoms with Gasteiger partial charge in [-0.2, -0.15) is 13.2 Å². The summed E-state index contributed by atoms with van der Waals surface area (Å²) in [5.74, 6) is 0.585. The quantitative estimate of drug-likeness (QED) is 0.0800. The van der Waals surface area contributed by atoms with Gasteiger partial charge in [0.1, 0.15) is 57.1 Å². The third-order valence-electron chi connectivity index (χ3n) is 11.4. The molecule has 17 heteroatoms. The number of rotatable bonds is 9. The number of ether oxygens (including phenoxy) is 4. The molecule has 2 fully saturated rings. The molecule has 8 rings (SSSR count). The molecule has 0 N–H and O–H groups in total. The summed E-state index contributed by atoms with van der Waals surface area (Å²) in [4.78, 5) is 37.8. The standard InChI is InChI=1S/C44H47F4N7O5S/c1-23-19-31(53(20-25-9-14-28(57-6)15-10-25)21-26-11-16-29(58-7)17-12-26)49-36(33(23)44(46,47)48)37-34(45)35-32-39(52-41(51-35)61-8)54-22-27-13-18-30(38(54)24(2)59-40(32)50-37)55(27)42(56)60-43(3,4)5/h9-12,14-17,19,24,27,30,38H,13,18,20-22H2,1-8H3/t24-,27+,30-,38+/m0/s1. The van der Waals surface area contributed by atoms with Crippen molar-refractivity contribution in [1.29, 1.82) is 0 Å². The summed E-state index contributed by atoms with van der Waals surface area (Å²) in [6.07, 6.45) is -2.96. The average Bonchev–Trinajstić information content (AvgIpc) is 3.46. The number of benzene rings is 2. The highest BCUT2D eigenvalue weighted by Crippen LogP contribution is 2.48. The molecular weight excluding hydrogens is 815 g/mol. The first-order valence-corrected chi connectivity index (χ1v) is 21.2. The lowest BCUT2D eigenvalue weighted by Gasteiger charge is -2.48. The fourth-order valence-corrected chi connectivity index (χ4v) is 9.09. The fourth-order valence-electron chi connectivity index (χ4n) is 8.73. The number of amides is 1. The van der Waals surface area contributed by atoms with Crippen molar-refractivity contribution in [2.45, 2.75) is 102 Å².